The Bertz CT molecular complexity index is 628. The third kappa shape index (κ3) is 1.76. The first-order chi connectivity index (χ1) is 11.7. The molecule has 0 aromatic heterocycles. The minimum Gasteiger partial charge on any atom is -0.396 e. The molecule has 0 radical (unpaired) electrons. The summed E-state index contributed by atoms with van der Waals surface area (Å²) >= 11 is 0. The van der Waals surface area contributed by atoms with Crippen molar-refractivity contribution in [2.24, 2.45) is 34.0 Å². The maximum absolute atomic E-state index is 13.2. The third-order valence-electron chi connectivity index (χ3n) is 8.55. The van der Waals surface area contributed by atoms with E-state index in [1.807, 2.05) is 0 Å². The lowest BCUT2D eigenvalue weighted by Crippen LogP contribution is -2.71. The van der Waals surface area contributed by atoms with Crippen molar-refractivity contribution in [1.82, 2.24) is 0 Å². The number of hydrogen-bond acceptors (Lipinski definition) is 5. The first-order valence-corrected chi connectivity index (χ1v) is 9.54. The van der Waals surface area contributed by atoms with E-state index in [0.29, 0.717) is 31.3 Å². The Morgan fingerprint density at radius 2 is 1.76 bits per heavy atom. The highest BCUT2D eigenvalue weighted by Crippen LogP contribution is 2.70. The molecule has 0 saturated heterocycles. The SMILES string of the molecule is C=C1C(=O)[C@@]23C(CC[C@@H]1[C@@H]2O)[C@@]1(CO)C(C[C@H]3O)C(C)(C)CC[C@@H]1O. The van der Waals surface area contributed by atoms with Gasteiger partial charge in [-0.25, -0.2) is 0 Å². The number of carbonyl (C=O) groups excluding carboxylic acids is 1. The summed E-state index contributed by atoms with van der Waals surface area (Å²) in [6, 6.07) is 0. The molecule has 2 bridgehead atoms. The van der Waals surface area contributed by atoms with E-state index in [4.69, 9.17) is 0 Å². The van der Waals surface area contributed by atoms with E-state index in [1.165, 1.54) is 0 Å². The molecule has 4 aliphatic carbocycles. The summed E-state index contributed by atoms with van der Waals surface area (Å²) in [5.41, 5.74) is -1.91. The van der Waals surface area contributed by atoms with Crippen molar-refractivity contribution in [3.63, 3.8) is 0 Å². The molecule has 8 atom stereocenters. The molecule has 0 amide bonds. The summed E-state index contributed by atoms with van der Waals surface area (Å²) in [4.78, 5) is 13.2. The van der Waals surface area contributed by atoms with E-state index in [2.05, 4.69) is 20.4 Å². The van der Waals surface area contributed by atoms with Gasteiger partial charge in [0.15, 0.2) is 5.78 Å². The summed E-state index contributed by atoms with van der Waals surface area (Å²) in [5, 5.41) is 43.7. The van der Waals surface area contributed by atoms with Crippen molar-refractivity contribution >= 4 is 5.78 Å². The number of carbonyl (C=O) groups is 1. The van der Waals surface area contributed by atoms with E-state index >= 15 is 0 Å². The van der Waals surface area contributed by atoms with Gasteiger partial charge in [-0.2, -0.15) is 0 Å². The lowest BCUT2D eigenvalue weighted by molar-refractivity contribution is -0.267. The summed E-state index contributed by atoms with van der Waals surface area (Å²) in [6.45, 7) is 7.92. The largest absolute Gasteiger partial charge is 0.396 e. The minimum atomic E-state index is -1.31. The van der Waals surface area contributed by atoms with E-state index in [1.54, 1.807) is 0 Å². The van der Waals surface area contributed by atoms with Gasteiger partial charge in [0.1, 0.15) is 0 Å². The lowest BCUT2D eigenvalue weighted by atomic mass is 9.38. The Labute approximate surface area is 148 Å². The van der Waals surface area contributed by atoms with E-state index in [9.17, 15) is 25.2 Å². The second-order valence-electron chi connectivity index (χ2n) is 9.59. The van der Waals surface area contributed by atoms with Gasteiger partial charge in [-0.3, -0.25) is 4.79 Å². The first kappa shape index (κ1) is 17.7. The van der Waals surface area contributed by atoms with Gasteiger partial charge in [-0.1, -0.05) is 20.4 Å². The Hall–Kier alpha value is -0.750. The molecule has 5 heteroatoms. The zero-order valence-electron chi connectivity index (χ0n) is 15.1. The lowest BCUT2D eigenvalue weighted by Gasteiger charge is -2.66. The van der Waals surface area contributed by atoms with Gasteiger partial charge >= 0.3 is 0 Å². The van der Waals surface area contributed by atoms with Gasteiger partial charge < -0.3 is 20.4 Å². The Morgan fingerprint density at radius 3 is 2.40 bits per heavy atom. The van der Waals surface area contributed by atoms with Crippen LogP contribution in [0.4, 0.5) is 0 Å². The average Bonchev–Trinajstić information content (AvgIpc) is 2.68. The number of aliphatic hydroxyl groups excluding tert-OH is 4. The van der Waals surface area contributed by atoms with Gasteiger partial charge in [-0.05, 0) is 54.9 Å². The third-order valence-corrected chi connectivity index (χ3v) is 8.55. The van der Waals surface area contributed by atoms with Crippen LogP contribution in [0.5, 0.6) is 0 Å². The molecule has 2 unspecified atom stereocenters. The molecule has 140 valence electrons. The van der Waals surface area contributed by atoms with Gasteiger partial charge in [0.05, 0.1) is 30.3 Å². The monoisotopic (exact) mass is 350 g/mol. The standard InChI is InChI=1S/C20H30O5/c1-10-11-4-5-12-19(9-21)13(18(2,3)7-6-14(19)22)8-15(23)20(12,16(10)24)17(11)25/h11-15,17,21-23,25H,1,4-9H2,2-3H3/t11-,12?,13?,14-,15+,17-,19-,20-/m0/s1. The zero-order valence-corrected chi connectivity index (χ0v) is 15.1. The molecular formula is C20H30O5. The second kappa shape index (κ2) is 5.16. The average molecular weight is 350 g/mol. The van der Waals surface area contributed by atoms with Crippen molar-refractivity contribution in [3.05, 3.63) is 12.2 Å². The molecule has 0 heterocycles. The van der Waals surface area contributed by atoms with Crippen LogP contribution in [0.25, 0.3) is 0 Å². The van der Waals surface area contributed by atoms with E-state index in [-0.39, 0.29) is 29.6 Å². The highest BCUT2D eigenvalue weighted by molar-refractivity contribution is 6.04. The van der Waals surface area contributed by atoms with Crippen molar-refractivity contribution in [3.8, 4) is 0 Å². The molecule has 25 heavy (non-hydrogen) atoms. The fraction of sp³-hybridized carbons (Fsp3) is 0.850. The van der Waals surface area contributed by atoms with Crippen LogP contribution in [-0.4, -0.2) is 51.1 Å². The molecule has 1 spiro atoms. The zero-order chi connectivity index (χ0) is 18.4. The molecule has 0 aliphatic heterocycles. The Kier molecular flexibility index (Phi) is 3.64. The topological polar surface area (TPSA) is 98.0 Å². The van der Waals surface area contributed by atoms with Crippen LogP contribution in [-0.2, 0) is 4.79 Å². The predicted octanol–water partition coefficient (Wildman–Crippen LogP) is 1.04. The quantitative estimate of drug-likeness (QED) is 0.530. The number of rotatable bonds is 1. The van der Waals surface area contributed by atoms with Crippen molar-refractivity contribution < 1.29 is 25.2 Å². The molecule has 5 nitrogen and oxygen atoms in total. The fourth-order valence-electron chi connectivity index (χ4n) is 7.35. The normalized spacial score (nSPS) is 54.2. The van der Waals surface area contributed by atoms with Crippen LogP contribution in [0.3, 0.4) is 0 Å². The molecular weight excluding hydrogens is 320 g/mol. The second-order valence-corrected chi connectivity index (χ2v) is 9.59. The smallest absolute Gasteiger partial charge is 0.170 e. The van der Waals surface area contributed by atoms with Crippen LogP contribution in [0.1, 0.15) is 46.0 Å². The van der Waals surface area contributed by atoms with Crippen LogP contribution in [0, 0.1) is 34.0 Å². The van der Waals surface area contributed by atoms with Crippen LogP contribution in [0.15, 0.2) is 12.2 Å². The van der Waals surface area contributed by atoms with Gasteiger partial charge in [0, 0.05) is 11.3 Å². The maximum Gasteiger partial charge on any atom is 0.170 e. The van der Waals surface area contributed by atoms with E-state index < -0.39 is 35.1 Å². The first-order valence-electron chi connectivity index (χ1n) is 9.54. The minimum absolute atomic E-state index is 0.0928. The molecule has 0 aromatic carbocycles. The number of ketones is 1. The Morgan fingerprint density at radius 1 is 1.08 bits per heavy atom. The van der Waals surface area contributed by atoms with Gasteiger partial charge in [0.2, 0.25) is 0 Å². The molecule has 4 saturated carbocycles. The predicted molar refractivity (Wildman–Crippen MR) is 91.5 cm³/mol. The molecule has 4 N–H and O–H groups in total. The molecule has 0 aromatic rings. The van der Waals surface area contributed by atoms with Crippen LogP contribution in [0.2, 0.25) is 0 Å². The van der Waals surface area contributed by atoms with Crippen LogP contribution < -0.4 is 0 Å². The van der Waals surface area contributed by atoms with E-state index in [0.717, 1.165) is 6.42 Å². The van der Waals surface area contributed by atoms with Crippen molar-refractivity contribution in [1.29, 1.82) is 0 Å². The maximum atomic E-state index is 13.2. The number of aliphatic hydroxyl groups is 4. The summed E-state index contributed by atoms with van der Waals surface area (Å²) < 4.78 is 0. The molecule has 4 aliphatic rings. The Balaban J connectivity index is 1.94. The number of fused-ring (bicyclic) bond motifs is 3. The van der Waals surface area contributed by atoms with Crippen molar-refractivity contribution in [2.75, 3.05) is 6.61 Å². The summed E-state index contributed by atoms with van der Waals surface area (Å²) in [7, 11) is 0. The number of Topliss-reactive ketones (excluding diaryl/α,β-unsaturated/α-hetero) is 1. The summed E-state index contributed by atoms with van der Waals surface area (Å²) in [6.07, 6.45) is 0.291. The van der Waals surface area contributed by atoms with Crippen LogP contribution >= 0.6 is 0 Å². The van der Waals surface area contributed by atoms with Gasteiger partial charge in [-0.15, -0.1) is 0 Å². The van der Waals surface area contributed by atoms with Crippen molar-refractivity contribution in [2.45, 2.75) is 64.3 Å². The number of hydrogen-bond donors (Lipinski definition) is 4. The highest BCUT2D eigenvalue weighted by Gasteiger charge is 2.76. The van der Waals surface area contributed by atoms with Gasteiger partial charge in [0.25, 0.3) is 0 Å². The fourth-order valence-corrected chi connectivity index (χ4v) is 7.35. The highest BCUT2D eigenvalue weighted by atomic mass is 16.3. The molecule has 4 rings (SSSR count). The molecule has 4 fully saturated rings. The summed E-state index contributed by atoms with van der Waals surface area (Å²) in [5.74, 6) is -1.07.